The summed E-state index contributed by atoms with van der Waals surface area (Å²) in [5, 5.41) is 20.0. The predicted octanol–water partition coefficient (Wildman–Crippen LogP) is 3.30. The van der Waals surface area contributed by atoms with Crippen LogP contribution in [-0.2, 0) is 14.8 Å². The monoisotopic (exact) mass is 489 g/mol. The number of nitrogens with one attached hydrogen (secondary N) is 2. The fourth-order valence-corrected chi connectivity index (χ4v) is 4.73. The average Bonchev–Trinajstić information content (AvgIpc) is 3.08. The van der Waals surface area contributed by atoms with Gasteiger partial charge >= 0.3 is 5.97 Å². The van der Waals surface area contributed by atoms with Gasteiger partial charge in [0.2, 0.25) is 10.0 Å². The summed E-state index contributed by atoms with van der Waals surface area (Å²) in [5.41, 5.74) is 3.49. The lowest BCUT2D eigenvalue weighted by atomic mass is 9.94. The zero-order chi connectivity index (χ0) is 24.9. The predicted molar refractivity (Wildman–Crippen MR) is 133 cm³/mol. The van der Waals surface area contributed by atoms with E-state index in [0.29, 0.717) is 36.6 Å². The Kier molecular flexibility index (Phi) is 8.06. The van der Waals surface area contributed by atoms with Gasteiger partial charge in [-0.1, -0.05) is 19.1 Å². The fourth-order valence-electron chi connectivity index (χ4n) is 4.16. The van der Waals surface area contributed by atoms with Gasteiger partial charge in [0, 0.05) is 29.2 Å². The number of aliphatic carboxylic acids is 1. The molecule has 3 aromatic rings. The van der Waals surface area contributed by atoms with E-state index in [9.17, 15) is 23.4 Å². The smallest absolute Gasteiger partial charge is 0.311 e. The molecule has 0 aliphatic heterocycles. The first-order chi connectivity index (χ1) is 16.1. The number of carboxylic acids is 1. The number of sulfonamides is 1. The Morgan fingerprint density at radius 1 is 1.21 bits per heavy atom. The molecule has 0 saturated heterocycles. The van der Waals surface area contributed by atoms with Crippen molar-refractivity contribution in [3.05, 3.63) is 53.7 Å². The van der Waals surface area contributed by atoms with Gasteiger partial charge in [-0.15, -0.1) is 0 Å². The number of carboxylic acid groups (broad SMARTS) is 1. The molecule has 10 heteroatoms. The Hall–Kier alpha value is -3.24. The lowest BCUT2D eigenvalue weighted by Gasteiger charge is -2.26. The second kappa shape index (κ2) is 10.8. The molecule has 0 spiro atoms. The zero-order valence-electron chi connectivity index (χ0n) is 19.5. The summed E-state index contributed by atoms with van der Waals surface area (Å²) in [5.74, 6) is -0.801. The molecule has 1 unspecified atom stereocenters. The standard InChI is InChI=1S/C24H31N3O6S/c1-4-18(24(29)30)23-16(2)25-21-15-17(9-10-19(21)23)33-14-12-27(11-13-28)22-8-6-5-7-20(22)26-34(3,31)32/h5-10,15,18,25-26,28H,4,11-14H2,1-3H3,(H,29,30). The number of para-hydroxylation sites is 2. The van der Waals surface area contributed by atoms with Crippen molar-refractivity contribution in [3.8, 4) is 5.75 Å². The number of hydrogen-bond donors (Lipinski definition) is 4. The molecule has 0 radical (unpaired) electrons. The molecule has 0 bridgehead atoms. The third kappa shape index (κ3) is 6.00. The van der Waals surface area contributed by atoms with Gasteiger partial charge in [0.15, 0.2) is 0 Å². The molecule has 1 aromatic heterocycles. The molecule has 0 aliphatic carbocycles. The summed E-state index contributed by atoms with van der Waals surface area (Å²) in [6.45, 7) is 4.63. The first-order valence-corrected chi connectivity index (χ1v) is 12.9. The second-order valence-corrected chi connectivity index (χ2v) is 9.87. The highest BCUT2D eigenvalue weighted by Crippen LogP contribution is 2.33. The lowest BCUT2D eigenvalue weighted by molar-refractivity contribution is -0.138. The average molecular weight is 490 g/mol. The van der Waals surface area contributed by atoms with Crippen molar-refractivity contribution < 1.29 is 28.2 Å². The summed E-state index contributed by atoms with van der Waals surface area (Å²) in [6, 6.07) is 12.5. The van der Waals surface area contributed by atoms with E-state index in [2.05, 4.69) is 9.71 Å². The highest BCUT2D eigenvalue weighted by Gasteiger charge is 2.24. The van der Waals surface area contributed by atoms with Gasteiger partial charge in [-0.2, -0.15) is 0 Å². The van der Waals surface area contributed by atoms with Crippen LogP contribution < -0.4 is 14.4 Å². The first kappa shape index (κ1) is 25.4. The SMILES string of the molecule is CCC(C(=O)O)c1c(C)[nH]c2cc(OCCN(CCO)c3ccccc3NS(C)(=O)=O)ccc12. The van der Waals surface area contributed by atoms with Crippen molar-refractivity contribution in [1.82, 2.24) is 4.98 Å². The van der Waals surface area contributed by atoms with Crippen LogP contribution in [0.5, 0.6) is 5.75 Å². The number of aliphatic hydroxyl groups is 1. The van der Waals surface area contributed by atoms with Crippen molar-refractivity contribution >= 4 is 38.3 Å². The van der Waals surface area contributed by atoms with E-state index in [4.69, 9.17) is 4.74 Å². The molecule has 0 amide bonds. The third-order valence-corrected chi connectivity index (χ3v) is 6.19. The summed E-state index contributed by atoms with van der Waals surface area (Å²) in [6.07, 6.45) is 1.59. The number of aliphatic hydroxyl groups excluding tert-OH is 1. The fraction of sp³-hybridized carbons (Fsp3) is 0.375. The number of anilines is 2. The number of ether oxygens (including phenoxy) is 1. The molecule has 0 fully saturated rings. The summed E-state index contributed by atoms with van der Waals surface area (Å²) >= 11 is 0. The van der Waals surface area contributed by atoms with E-state index >= 15 is 0 Å². The molecule has 0 aliphatic rings. The van der Waals surface area contributed by atoms with Gasteiger partial charge in [-0.05, 0) is 43.2 Å². The lowest BCUT2D eigenvalue weighted by Crippen LogP contribution is -2.32. The molecule has 4 N–H and O–H groups in total. The number of benzene rings is 2. The molecule has 3 rings (SSSR count). The third-order valence-electron chi connectivity index (χ3n) is 5.60. The van der Waals surface area contributed by atoms with Crippen molar-refractivity contribution in [2.75, 3.05) is 42.2 Å². The molecular formula is C24H31N3O6S. The van der Waals surface area contributed by atoms with E-state index in [-0.39, 0.29) is 13.2 Å². The molecule has 1 heterocycles. The van der Waals surface area contributed by atoms with Gasteiger partial charge < -0.3 is 24.8 Å². The minimum absolute atomic E-state index is 0.105. The van der Waals surface area contributed by atoms with E-state index < -0.39 is 21.9 Å². The van der Waals surface area contributed by atoms with E-state index in [1.54, 1.807) is 24.3 Å². The van der Waals surface area contributed by atoms with Crippen molar-refractivity contribution in [1.29, 1.82) is 0 Å². The van der Waals surface area contributed by atoms with Gasteiger partial charge in [0.1, 0.15) is 12.4 Å². The van der Waals surface area contributed by atoms with E-state index in [1.165, 1.54) is 0 Å². The Morgan fingerprint density at radius 2 is 1.94 bits per heavy atom. The number of hydrogen-bond acceptors (Lipinski definition) is 6. The Balaban J connectivity index is 1.76. The Labute approximate surface area is 199 Å². The molecule has 184 valence electrons. The number of fused-ring (bicyclic) bond motifs is 1. The number of aromatic nitrogens is 1. The minimum Gasteiger partial charge on any atom is -0.492 e. The van der Waals surface area contributed by atoms with Crippen molar-refractivity contribution in [2.45, 2.75) is 26.2 Å². The highest BCUT2D eigenvalue weighted by molar-refractivity contribution is 7.92. The number of carbonyl (C=O) groups is 1. The van der Waals surface area contributed by atoms with Crippen LogP contribution in [0.4, 0.5) is 11.4 Å². The summed E-state index contributed by atoms with van der Waals surface area (Å²) in [7, 11) is -3.46. The largest absolute Gasteiger partial charge is 0.492 e. The second-order valence-electron chi connectivity index (χ2n) is 8.12. The molecular weight excluding hydrogens is 458 g/mol. The van der Waals surface area contributed by atoms with Gasteiger partial charge in [-0.3, -0.25) is 9.52 Å². The van der Waals surface area contributed by atoms with Crippen molar-refractivity contribution in [2.24, 2.45) is 0 Å². The number of aryl methyl sites for hydroxylation is 1. The van der Waals surface area contributed by atoms with Crippen LogP contribution in [0, 0.1) is 6.92 Å². The maximum absolute atomic E-state index is 11.7. The van der Waals surface area contributed by atoms with Gasteiger partial charge in [0.05, 0.1) is 36.7 Å². The van der Waals surface area contributed by atoms with Crippen molar-refractivity contribution in [3.63, 3.8) is 0 Å². The molecule has 0 saturated carbocycles. The van der Waals surface area contributed by atoms with Crippen LogP contribution in [0.2, 0.25) is 0 Å². The number of aromatic amines is 1. The van der Waals surface area contributed by atoms with Crippen LogP contribution in [0.15, 0.2) is 42.5 Å². The maximum Gasteiger partial charge on any atom is 0.311 e. The topological polar surface area (TPSA) is 132 Å². The van der Waals surface area contributed by atoms with E-state index in [1.807, 2.05) is 36.9 Å². The molecule has 2 aromatic carbocycles. The quantitative estimate of drug-likeness (QED) is 0.307. The molecule has 9 nitrogen and oxygen atoms in total. The van der Waals surface area contributed by atoms with Gasteiger partial charge in [0.25, 0.3) is 0 Å². The Bertz CT molecular complexity index is 1250. The number of nitrogens with zero attached hydrogens (tertiary/aromatic N) is 1. The minimum atomic E-state index is -3.46. The van der Waals surface area contributed by atoms with Crippen LogP contribution in [0.3, 0.4) is 0 Å². The number of rotatable bonds is 12. The van der Waals surface area contributed by atoms with E-state index in [0.717, 1.165) is 28.4 Å². The van der Waals surface area contributed by atoms with Crippen LogP contribution >= 0.6 is 0 Å². The summed E-state index contributed by atoms with van der Waals surface area (Å²) in [4.78, 5) is 16.8. The molecule has 1 atom stereocenters. The zero-order valence-corrected chi connectivity index (χ0v) is 20.4. The highest BCUT2D eigenvalue weighted by atomic mass is 32.2. The first-order valence-electron chi connectivity index (χ1n) is 11.0. The number of H-pyrrole nitrogens is 1. The van der Waals surface area contributed by atoms with Gasteiger partial charge in [-0.25, -0.2) is 8.42 Å². The van der Waals surface area contributed by atoms with Crippen LogP contribution in [0.25, 0.3) is 10.9 Å². The van der Waals surface area contributed by atoms with Crippen LogP contribution in [0.1, 0.15) is 30.5 Å². The normalized spacial score (nSPS) is 12.5. The molecule has 34 heavy (non-hydrogen) atoms. The maximum atomic E-state index is 11.7. The Morgan fingerprint density at radius 3 is 2.59 bits per heavy atom. The van der Waals surface area contributed by atoms with Crippen LogP contribution in [-0.4, -0.2) is 62.1 Å². The summed E-state index contributed by atoms with van der Waals surface area (Å²) < 4.78 is 31.9.